The fourth-order valence-electron chi connectivity index (χ4n) is 4.38. The molecule has 0 radical (unpaired) electrons. The Kier molecular flexibility index (Phi) is 4.11. The predicted molar refractivity (Wildman–Crippen MR) is 126 cm³/mol. The van der Waals surface area contributed by atoms with Crippen LogP contribution in [0.25, 0.3) is 45.1 Å². The minimum Gasteiger partial charge on any atom is -0.276 e. The van der Waals surface area contributed by atoms with E-state index in [-0.39, 0.29) is 0 Å². The molecule has 0 N–H and O–H groups in total. The summed E-state index contributed by atoms with van der Waals surface area (Å²) >= 11 is 0. The topological polar surface area (TPSA) is 61.4 Å². The smallest absolute Gasteiger partial charge is 0.234 e. The SMILES string of the molecule is Cc1cccc2c1cc(-c1cc3c(C)cccc3n1-c1ncccn1)n2-c1ncccn1. The number of hydrogen-bond acceptors (Lipinski definition) is 4. The summed E-state index contributed by atoms with van der Waals surface area (Å²) in [6, 6.07) is 20.7. The van der Waals surface area contributed by atoms with Crippen molar-refractivity contribution in [2.75, 3.05) is 0 Å². The Morgan fingerprint density at radius 1 is 0.531 bits per heavy atom. The average molecular weight is 416 g/mol. The molecule has 0 aliphatic carbocycles. The van der Waals surface area contributed by atoms with Crippen molar-refractivity contribution >= 4 is 21.8 Å². The van der Waals surface area contributed by atoms with Gasteiger partial charge in [-0.05, 0) is 61.4 Å². The summed E-state index contributed by atoms with van der Waals surface area (Å²) in [5.74, 6) is 1.26. The van der Waals surface area contributed by atoms with Gasteiger partial charge in [0.15, 0.2) is 0 Å². The van der Waals surface area contributed by atoms with E-state index in [4.69, 9.17) is 0 Å². The summed E-state index contributed by atoms with van der Waals surface area (Å²) in [6.45, 7) is 4.25. The lowest BCUT2D eigenvalue weighted by Gasteiger charge is -2.12. The maximum Gasteiger partial charge on any atom is 0.234 e. The molecular formula is C26H20N6. The van der Waals surface area contributed by atoms with Crippen LogP contribution in [0.4, 0.5) is 0 Å². The molecule has 6 aromatic rings. The summed E-state index contributed by atoms with van der Waals surface area (Å²) in [7, 11) is 0. The van der Waals surface area contributed by atoms with Crippen molar-refractivity contribution in [3.8, 4) is 23.3 Å². The van der Waals surface area contributed by atoms with Gasteiger partial charge < -0.3 is 0 Å². The second-order valence-corrected chi connectivity index (χ2v) is 7.84. The summed E-state index contributed by atoms with van der Waals surface area (Å²) in [5.41, 5.74) is 6.51. The maximum absolute atomic E-state index is 4.57. The number of aromatic nitrogens is 6. The van der Waals surface area contributed by atoms with Gasteiger partial charge in [-0.3, -0.25) is 9.13 Å². The van der Waals surface area contributed by atoms with Crippen molar-refractivity contribution in [3.05, 3.63) is 96.6 Å². The Morgan fingerprint density at radius 2 is 0.938 bits per heavy atom. The van der Waals surface area contributed by atoms with E-state index in [9.17, 15) is 0 Å². The van der Waals surface area contributed by atoms with E-state index in [1.54, 1.807) is 24.8 Å². The summed E-state index contributed by atoms with van der Waals surface area (Å²) in [5, 5.41) is 2.33. The first-order valence-electron chi connectivity index (χ1n) is 10.5. The van der Waals surface area contributed by atoms with Crippen LogP contribution in [0.3, 0.4) is 0 Å². The number of aryl methyl sites for hydroxylation is 2. The fourth-order valence-corrected chi connectivity index (χ4v) is 4.38. The van der Waals surface area contributed by atoms with Gasteiger partial charge in [0.2, 0.25) is 11.9 Å². The molecule has 0 spiro atoms. The van der Waals surface area contributed by atoms with Crippen LogP contribution in [-0.2, 0) is 0 Å². The molecule has 0 bridgehead atoms. The van der Waals surface area contributed by atoms with Gasteiger partial charge in [0, 0.05) is 35.6 Å². The monoisotopic (exact) mass is 416 g/mol. The molecule has 0 atom stereocenters. The molecule has 0 amide bonds. The average Bonchev–Trinajstić information content (AvgIpc) is 3.41. The molecule has 0 aliphatic heterocycles. The third-order valence-corrected chi connectivity index (χ3v) is 5.89. The highest BCUT2D eigenvalue weighted by Crippen LogP contribution is 2.37. The van der Waals surface area contributed by atoms with Gasteiger partial charge in [-0.25, -0.2) is 19.9 Å². The lowest BCUT2D eigenvalue weighted by molar-refractivity contribution is 0.932. The zero-order valence-electron chi connectivity index (χ0n) is 17.8. The Hall–Kier alpha value is -4.32. The van der Waals surface area contributed by atoms with Gasteiger partial charge in [0.1, 0.15) is 0 Å². The predicted octanol–water partition coefficient (Wildman–Crippen LogP) is 5.44. The molecule has 0 aliphatic rings. The lowest BCUT2D eigenvalue weighted by atomic mass is 10.1. The third-order valence-electron chi connectivity index (χ3n) is 5.89. The van der Waals surface area contributed by atoms with Crippen molar-refractivity contribution < 1.29 is 0 Å². The molecule has 6 nitrogen and oxygen atoms in total. The number of benzene rings is 2. The van der Waals surface area contributed by atoms with Crippen LogP contribution in [0.15, 0.2) is 85.5 Å². The zero-order valence-corrected chi connectivity index (χ0v) is 17.8. The first-order valence-corrected chi connectivity index (χ1v) is 10.5. The zero-order chi connectivity index (χ0) is 21.7. The second-order valence-electron chi connectivity index (χ2n) is 7.84. The van der Waals surface area contributed by atoms with Crippen LogP contribution in [0.5, 0.6) is 0 Å². The lowest BCUT2D eigenvalue weighted by Crippen LogP contribution is -2.06. The Bertz CT molecular complexity index is 1460. The van der Waals surface area contributed by atoms with E-state index >= 15 is 0 Å². The number of fused-ring (bicyclic) bond motifs is 2. The molecule has 4 heterocycles. The van der Waals surface area contributed by atoms with E-state index in [0.29, 0.717) is 11.9 Å². The first-order chi connectivity index (χ1) is 15.7. The molecule has 6 heteroatoms. The minimum absolute atomic E-state index is 0.630. The van der Waals surface area contributed by atoms with Gasteiger partial charge in [-0.2, -0.15) is 0 Å². The first kappa shape index (κ1) is 18.4. The van der Waals surface area contributed by atoms with Crippen molar-refractivity contribution in [1.82, 2.24) is 29.1 Å². The van der Waals surface area contributed by atoms with Crippen molar-refractivity contribution in [1.29, 1.82) is 0 Å². The Balaban J connectivity index is 1.77. The standard InChI is InChI=1S/C26H20N6/c1-17-7-3-9-21-19(17)15-23(31(21)25-27-11-5-12-28-25)24-16-20-18(2)8-4-10-22(20)32(24)26-29-13-6-14-30-26/h3-16H,1-2H3. The van der Waals surface area contributed by atoms with Crippen LogP contribution in [0, 0.1) is 13.8 Å². The van der Waals surface area contributed by atoms with Gasteiger partial charge >= 0.3 is 0 Å². The van der Waals surface area contributed by atoms with Gasteiger partial charge in [0.05, 0.1) is 22.4 Å². The number of rotatable bonds is 3. The highest BCUT2D eigenvalue weighted by Gasteiger charge is 2.21. The summed E-state index contributed by atoms with van der Waals surface area (Å²) < 4.78 is 4.23. The largest absolute Gasteiger partial charge is 0.276 e. The van der Waals surface area contributed by atoms with Crippen LogP contribution in [0.1, 0.15) is 11.1 Å². The highest BCUT2D eigenvalue weighted by molar-refractivity contribution is 5.95. The van der Waals surface area contributed by atoms with E-state index in [1.807, 2.05) is 12.1 Å². The van der Waals surface area contributed by atoms with E-state index in [1.165, 1.54) is 11.1 Å². The molecule has 0 fully saturated rings. The van der Waals surface area contributed by atoms with Crippen molar-refractivity contribution in [3.63, 3.8) is 0 Å². The van der Waals surface area contributed by atoms with E-state index in [0.717, 1.165) is 33.2 Å². The third kappa shape index (κ3) is 2.73. The molecule has 0 saturated heterocycles. The number of hydrogen-bond donors (Lipinski definition) is 0. The minimum atomic E-state index is 0.630. The normalized spacial score (nSPS) is 11.4. The second kappa shape index (κ2) is 7.13. The molecule has 6 rings (SSSR count). The Morgan fingerprint density at radius 3 is 1.34 bits per heavy atom. The van der Waals surface area contributed by atoms with E-state index in [2.05, 4.69) is 91.4 Å². The quantitative estimate of drug-likeness (QED) is 0.385. The van der Waals surface area contributed by atoms with Crippen molar-refractivity contribution in [2.45, 2.75) is 13.8 Å². The molecule has 0 saturated carbocycles. The maximum atomic E-state index is 4.57. The van der Waals surface area contributed by atoms with Gasteiger partial charge in [-0.1, -0.05) is 24.3 Å². The van der Waals surface area contributed by atoms with Crippen molar-refractivity contribution in [2.24, 2.45) is 0 Å². The summed E-state index contributed by atoms with van der Waals surface area (Å²) in [4.78, 5) is 18.3. The molecule has 2 aromatic carbocycles. The molecular weight excluding hydrogens is 396 g/mol. The Labute approximate surface area is 184 Å². The number of nitrogens with zero attached hydrogens (tertiary/aromatic N) is 6. The summed E-state index contributed by atoms with van der Waals surface area (Å²) in [6.07, 6.45) is 7.09. The van der Waals surface area contributed by atoms with Gasteiger partial charge in [-0.15, -0.1) is 0 Å². The van der Waals surface area contributed by atoms with Crippen LogP contribution in [-0.4, -0.2) is 29.1 Å². The van der Waals surface area contributed by atoms with Crippen LogP contribution in [0.2, 0.25) is 0 Å². The van der Waals surface area contributed by atoms with E-state index < -0.39 is 0 Å². The van der Waals surface area contributed by atoms with Crippen LogP contribution < -0.4 is 0 Å². The van der Waals surface area contributed by atoms with Crippen LogP contribution >= 0.6 is 0 Å². The highest BCUT2D eigenvalue weighted by atomic mass is 15.2. The molecule has 32 heavy (non-hydrogen) atoms. The fraction of sp³-hybridized carbons (Fsp3) is 0.0769. The molecule has 4 aromatic heterocycles. The molecule has 154 valence electrons. The van der Waals surface area contributed by atoms with Gasteiger partial charge in [0.25, 0.3) is 0 Å². The molecule has 0 unspecified atom stereocenters.